The van der Waals surface area contributed by atoms with E-state index in [1.807, 2.05) is 54.8 Å². The molecule has 1 N–H and O–H groups in total. The number of aromatic nitrogens is 4. The molecule has 174 valence electrons. The molecule has 0 aliphatic carbocycles. The van der Waals surface area contributed by atoms with Crippen molar-refractivity contribution >= 4 is 17.7 Å². The maximum Gasteiger partial charge on any atom is 0.233 e. The Kier molecular flexibility index (Phi) is 7.22. The average Bonchev–Trinajstić information content (AvgIpc) is 3.28. The number of carbonyl (C=O) groups excluding carboxylic acids is 1. The molecule has 2 unspecified atom stereocenters. The van der Waals surface area contributed by atoms with Crippen LogP contribution >= 0.6 is 11.8 Å². The zero-order valence-electron chi connectivity index (χ0n) is 19.0. The Morgan fingerprint density at radius 3 is 2.32 bits per heavy atom. The smallest absolute Gasteiger partial charge is 0.233 e. The Balaban J connectivity index is 1.58. The van der Waals surface area contributed by atoms with Crippen molar-refractivity contribution in [3.8, 4) is 22.8 Å². The van der Waals surface area contributed by atoms with Gasteiger partial charge in [0.25, 0.3) is 0 Å². The van der Waals surface area contributed by atoms with Crippen molar-refractivity contribution < 1.29 is 13.9 Å². The largest absolute Gasteiger partial charge is 0.497 e. The first-order chi connectivity index (χ1) is 16.5. The Hall–Kier alpha value is -3.72. The lowest BCUT2D eigenvalue weighted by Gasteiger charge is -2.18. The normalized spacial score (nSPS) is 12.7. The topological polar surface area (TPSA) is 81.9 Å². The van der Waals surface area contributed by atoms with E-state index < -0.39 is 5.25 Å². The molecule has 0 spiro atoms. The molecule has 4 aromatic rings. The van der Waals surface area contributed by atoms with E-state index in [1.54, 1.807) is 31.6 Å². The Bertz CT molecular complexity index is 1250. The van der Waals surface area contributed by atoms with Crippen LogP contribution in [0.5, 0.6) is 5.75 Å². The first-order valence-corrected chi connectivity index (χ1v) is 11.6. The van der Waals surface area contributed by atoms with E-state index in [1.165, 1.54) is 23.9 Å². The Labute approximate surface area is 201 Å². The standard InChI is InChI=1S/C25H24FN5O2S/c1-16(18-4-6-20(26)7-5-18)28-24(32)17(2)34-25-30-29-23(19-12-14-27-15-13-19)31(25)21-8-10-22(33-3)11-9-21/h4-17H,1-3H3,(H,28,32). The summed E-state index contributed by atoms with van der Waals surface area (Å²) in [5.41, 5.74) is 2.52. The number of halogens is 1. The van der Waals surface area contributed by atoms with Crippen LogP contribution in [0.15, 0.2) is 78.2 Å². The van der Waals surface area contributed by atoms with E-state index in [9.17, 15) is 9.18 Å². The fourth-order valence-electron chi connectivity index (χ4n) is 3.38. The summed E-state index contributed by atoms with van der Waals surface area (Å²) in [4.78, 5) is 17.0. The number of amides is 1. The van der Waals surface area contributed by atoms with Crippen LogP contribution < -0.4 is 10.1 Å². The van der Waals surface area contributed by atoms with Crippen molar-refractivity contribution in [3.63, 3.8) is 0 Å². The fraction of sp³-hybridized carbons (Fsp3) is 0.200. The molecule has 0 aliphatic rings. The maximum atomic E-state index is 13.2. The first-order valence-electron chi connectivity index (χ1n) is 10.7. The number of nitrogens with zero attached hydrogens (tertiary/aromatic N) is 4. The van der Waals surface area contributed by atoms with Crippen LogP contribution in [-0.2, 0) is 4.79 Å². The average molecular weight is 478 g/mol. The predicted molar refractivity (Wildman–Crippen MR) is 129 cm³/mol. The van der Waals surface area contributed by atoms with Gasteiger partial charge in [-0.1, -0.05) is 23.9 Å². The summed E-state index contributed by atoms with van der Waals surface area (Å²) in [5.74, 6) is 0.909. The summed E-state index contributed by atoms with van der Waals surface area (Å²) < 4.78 is 20.4. The summed E-state index contributed by atoms with van der Waals surface area (Å²) >= 11 is 1.31. The lowest BCUT2D eigenvalue weighted by atomic mass is 10.1. The number of hydrogen-bond acceptors (Lipinski definition) is 6. The summed E-state index contributed by atoms with van der Waals surface area (Å²) in [5, 5.41) is 11.9. The van der Waals surface area contributed by atoms with Gasteiger partial charge in [-0.05, 0) is 67.9 Å². The zero-order valence-corrected chi connectivity index (χ0v) is 19.8. The zero-order chi connectivity index (χ0) is 24.1. The monoisotopic (exact) mass is 477 g/mol. The number of rotatable bonds is 8. The minimum Gasteiger partial charge on any atom is -0.497 e. The highest BCUT2D eigenvalue weighted by Crippen LogP contribution is 2.31. The molecule has 2 atom stereocenters. The molecule has 4 rings (SSSR count). The van der Waals surface area contributed by atoms with Gasteiger partial charge in [0, 0.05) is 23.6 Å². The third-order valence-corrected chi connectivity index (χ3v) is 6.33. The number of benzene rings is 2. The third kappa shape index (κ3) is 5.26. The van der Waals surface area contributed by atoms with Gasteiger partial charge in [0.1, 0.15) is 11.6 Å². The number of ether oxygens (including phenoxy) is 1. The van der Waals surface area contributed by atoms with Gasteiger partial charge in [-0.2, -0.15) is 0 Å². The highest BCUT2D eigenvalue weighted by atomic mass is 32.2. The minimum atomic E-state index is -0.450. The second kappa shape index (κ2) is 10.5. The molecule has 0 radical (unpaired) electrons. The maximum absolute atomic E-state index is 13.2. The lowest BCUT2D eigenvalue weighted by Crippen LogP contribution is -2.33. The van der Waals surface area contributed by atoms with Crippen LogP contribution in [0.1, 0.15) is 25.5 Å². The molecule has 7 nitrogen and oxygen atoms in total. The van der Waals surface area contributed by atoms with E-state index in [0.29, 0.717) is 11.0 Å². The summed E-state index contributed by atoms with van der Waals surface area (Å²) in [6.07, 6.45) is 3.39. The Morgan fingerprint density at radius 2 is 1.68 bits per heavy atom. The SMILES string of the molecule is COc1ccc(-n2c(SC(C)C(=O)NC(C)c3ccc(F)cc3)nnc2-c2ccncc2)cc1. The van der Waals surface area contributed by atoms with Gasteiger partial charge < -0.3 is 10.1 Å². The van der Waals surface area contributed by atoms with Crippen molar-refractivity contribution in [1.82, 2.24) is 25.1 Å². The van der Waals surface area contributed by atoms with Crippen LogP contribution in [0.3, 0.4) is 0 Å². The van der Waals surface area contributed by atoms with Crippen molar-refractivity contribution in [1.29, 1.82) is 0 Å². The van der Waals surface area contributed by atoms with Gasteiger partial charge in [-0.25, -0.2) is 4.39 Å². The molecule has 0 aliphatic heterocycles. The van der Waals surface area contributed by atoms with Crippen molar-refractivity contribution in [2.75, 3.05) is 7.11 Å². The molecule has 2 heterocycles. The highest BCUT2D eigenvalue weighted by molar-refractivity contribution is 8.00. The van der Waals surface area contributed by atoms with Gasteiger partial charge >= 0.3 is 0 Å². The van der Waals surface area contributed by atoms with Gasteiger partial charge in [-0.15, -0.1) is 10.2 Å². The third-order valence-electron chi connectivity index (χ3n) is 5.28. The number of methoxy groups -OCH3 is 1. The number of nitrogens with one attached hydrogen (secondary N) is 1. The number of pyridine rings is 1. The number of thioether (sulfide) groups is 1. The van der Waals surface area contributed by atoms with Gasteiger partial charge in [0.05, 0.1) is 18.4 Å². The molecule has 9 heteroatoms. The summed E-state index contributed by atoms with van der Waals surface area (Å²) in [6, 6.07) is 17.1. The molecular formula is C25H24FN5O2S. The van der Waals surface area contributed by atoms with E-state index >= 15 is 0 Å². The van der Waals surface area contributed by atoms with E-state index in [0.717, 1.165) is 22.6 Å². The van der Waals surface area contributed by atoms with Gasteiger partial charge in [0.15, 0.2) is 11.0 Å². The van der Waals surface area contributed by atoms with Crippen LogP contribution in [0.4, 0.5) is 4.39 Å². The van der Waals surface area contributed by atoms with Crippen LogP contribution in [-0.4, -0.2) is 38.0 Å². The van der Waals surface area contributed by atoms with Crippen molar-refractivity contribution in [2.45, 2.75) is 30.3 Å². The van der Waals surface area contributed by atoms with Gasteiger partial charge in [-0.3, -0.25) is 14.3 Å². The van der Waals surface area contributed by atoms with E-state index in [-0.39, 0.29) is 17.8 Å². The number of hydrogen-bond donors (Lipinski definition) is 1. The van der Waals surface area contributed by atoms with Gasteiger partial charge in [0.2, 0.25) is 5.91 Å². The molecule has 2 aromatic heterocycles. The summed E-state index contributed by atoms with van der Waals surface area (Å²) in [7, 11) is 1.62. The summed E-state index contributed by atoms with van der Waals surface area (Å²) in [6.45, 7) is 3.68. The molecule has 0 fully saturated rings. The Morgan fingerprint density at radius 1 is 1.00 bits per heavy atom. The molecular weight excluding hydrogens is 453 g/mol. The molecule has 2 aromatic carbocycles. The fourth-order valence-corrected chi connectivity index (χ4v) is 4.25. The minimum absolute atomic E-state index is 0.156. The van der Waals surface area contributed by atoms with E-state index in [4.69, 9.17) is 4.74 Å². The molecule has 0 saturated carbocycles. The number of carbonyl (C=O) groups is 1. The second-order valence-corrected chi connectivity index (χ2v) is 8.93. The first kappa shape index (κ1) is 23.4. The quantitative estimate of drug-likeness (QED) is 0.366. The van der Waals surface area contributed by atoms with Crippen LogP contribution in [0, 0.1) is 5.82 Å². The lowest BCUT2D eigenvalue weighted by molar-refractivity contribution is -0.120. The second-order valence-electron chi connectivity index (χ2n) is 7.62. The van der Waals surface area contributed by atoms with Crippen LogP contribution in [0.2, 0.25) is 0 Å². The molecule has 34 heavy (non-hydrogen) atoms. The molecule has 1 amide bonds. The molecule has 0 saturated heterocycles. The van der Waals surface area contributed by atoms with Crippen molar-refractivity contribution in [3.05, 3.63) is 84.4 Å². The van der Waals surface area contributed by atoms with E-state index in [2.05, 4.69) is 20.5 Å². The van der Waals surface area contributed by atoms with Crippen molar-refractivity contribution in [2.24, 2.45) is 0 Å². The highest BCUT2D eigenvalue weighted by Gasteiger charge is 2.23. The predicted octanol–water partition coefficient (Wildman–Crippen LogP) is 4.84. The van der Waals surface area contributed by atoms with Crippen LogP contribution in [0.25, 0.3) is 17.1 Å². The molecule has 0 bridgehead atoms.